The van der Waals surface area contributed by atoms with Gasteiger partial charge in [0.25, 0.3) is 0 Å². The predicted octanol–water partition coefficient (Wildman–Crippen LogP) is 4.16. The molecule has 5 unspecified atom stereocenters. The summed E-state index contributed by atoms with van der Waals surface area (Å²) in [6.45, 7) is 16.7. The molecule has 0 aromatic heterocycles. The Hall–Kier alpha value is -2.34. The molecule has 9 heteroatoms. The van der Waals surface area contributed by atoms with Crippen LogP contribution >= 0.6 is 11.8 Å². The predicted molar refractivity (Wildman–Crippen MR) is 160 cm³/mol. The van der Waals surface area contributed by atoms with Gasteiger partial charge in [-0.15, -0.1) is 0 Å². The average Bonchev–Trinajstić information content (AvgIpc) is 3.17. The van der Waals surface area contributed by atoms with Crippen LogP contribution in [-0.4, -0.2) is 58.2 Å². The number of amides is 4. The highest BCUT2D eigenvalue weighted by Gasteiger charge is 2.74. The van der Waals surface area contributed by atoms with Crippen molar-refractivity contribution in [1.82, 2.24) is 15.5 Å². The maximum Gasteiger partial charge on any atom is 0.233 e. The number of thioether (sulfide) groups is 1. The summed E-state index contributed by atoms with van der Waals surface area (Å²) in [6, 6.07) is 2.43. The lowest BCUT2D eigenvalue weighted by molar-refractivity contribution is -0.141. The summed E-state index contributed by atoms with van der Waals surface area (Å²) in [4.78, 5) is 53.2. The van der Waals surface area contributed by atoms with Crippen LogP contribution in [0.1, 0.15) is 74.7 Å². The third-order valence-electron chi connectivity index (χ3n) is 10.5. The molecule has 0 aromatic rings. The Morgan fingerprint density at radius 3 is 2.29 bits per heavy atom. The second kappa shape index (κ2) is 11.4. The zero-order valence-corrected chi connectivity index (χ0v) is 26.8. The van der Waals surface area contributed by atoms with E-state index in [0.717, 1.165) is 0 Å². The van der Waals surface area contributed by atoms with Crippen LogP contribution in [0.3, 0.4) is 0 Å². The van der Waals surface area contributed by atoms with E-state index in [1.54, 1.807) is 11.8 Å². The molecule has 41 heavy (non-hydrogen) atoms. The van der Waals surface area contributed by atoms with Gasteiger partial charge in [-0.1, -0.05) is 26.0 Å². The van der Waals surface area contributed by atoms with E-state index < -0.39 is 10.2 Å². The first-order valence-electron chi connectivity index (χ1n) is 15.2. The van der Waals surface area contributed by atoms with Gasteiger partial charge >= 0.3 is 0 Å². The maximum absolute atomic E-state index is 13.3. The zero-order chi connectivity index (χ0) is 30.5. The molecule has 1 saturated heterocycles. The summed E-state index contributed by atoms with van der Waals surface area (Å²) in [5.74, 6) is 1.43. The third kappa shape index (κ3) is 5.96. The normalized spacial score (nSPS) is 28.9. The van der Waals surface area contributed by atoms with E-state index in [0.29, 0.717) is 49.4 Å². The van der Waals surface area contributed by atoms with Gasteiger partial charge in [-0.25, -0.2) is 0 Å². The standard InChI is InChI=1S/C32H48N4O4S/c1-18(2)35-27(38)21(16-30(3,4)31(5,6)17-33)32(7,8)41-15-13-34-22(37)10-9-14-36-28(39)25-20-12-11-19-23(20)24(19)26(25)29(36)40/h11-12,18-21,23-26H,9-10,13-16H2,1-8H3,(H,34,37)(H,35,38)/t19?,20?,21?,23?,24?,25-,26+/m0/s1. The number of carbonyl (C=O) groups is 4. The fraction of sp³-hybridized carbons (Fsp3) is 0.781. The molecule has 7 atom stereocenters. The van der Waals surface area contributed by atoms with Gasteiger partial charge < -0.3 is 10.6 Å². The first kappa shape index (κ1) is 31.6. The van der Waals surface area contributed by atoms with Crippen molar-refractivity contribution in [2.75, 3.05) is 18.8 Å². The number of imide groups is 1. The molecule has 0 radical (unpaired) electrons. The van der Waals surface area contributed by atoms with Crippen molar-refractivity contribution < 1.29 is 19.2 Å². The van der Waals surface area contributed by atoms with Gasteiger partial charge in [0.05, 0.1) is 29.2 Å². The van der Waals surface area contributed by atoms with Crippen molar-refractivity contribution in [3.8, 4) is 6.07 Å². The summed E-state index contributed by atoms with van der Waals surface area (Å²) in [6.07, 6.45) is 5.62. The molecule has 3 fully saturated rings. The van der Waals surface area contributed by atoms with Gasteiger partial charge in [-0.2, -0.15) is 17.0 Å². The Labute approximate surface area is 249 Å². The Morgan fingerprint density at radius 2 is 1.66 bits per heavy atom. The minimum absolute atomic E-state index is 0.0143. The Balaban J connectivity index is 1.22. The minimum Gasteiger partial charge on any atom is -0.355 e. The number of fused-ring (bicyclic) bond motifs is 4. The van der Waals surface area contributed by atoms with Crippen molar-refractivity contribution in [1.29, 1.82) is 5.26 Å². The monoisotopic (exact) mass is 584 g/mol. The van der Waals surface area contributed by atoms with E-state index in [4.69, 9.17) is 0 Å². The molecule has 226 valence electrons. The van der Waals surface area contributed by atoms with Crippen LogP contribution in [0.4, 0.5) is 0 Å². The number of nitrogens with zero attached hydrogens (tertiary/aromatic N) is 2. The SMILES string of the molecule is CC(C)NC(=O)C(CC(C)(C)C(C)(C)C#N)C(C)(C)SCCNC(=O)CCCN1C(=O)[C@@H]2C3C4C=CC(C43)[C@@H]2C1=O. The Bertz CT molecular complexity index is 1150. The van der Waals surface area contributed by atoms with Gasteiger partial charge in [-0.05, 0) is 83.5 Å². The van der Waals surface area contributed by atoms with Gasteiger partial charge in [0.1, 0.15) is 0 Å². The minimum atomic E-state index is -0.599. The van der Waals surface area contributed by atoms with Crippen molar-refractivity contribution in [3.05, 3.63) is 12.2 Å². The lowest BCUT2D eigenvalue weighted by atomic mass is 9.63. The van der Waals surface area contributed by atoms with Crippen LogP contribution in [-0.2, 0) is 19.2 Å². The fourth-order valence-corrected chi connectivity index (χ4v) is 8.35. The molecular formula is C32H48N4O4S. The van der Waals surface area contributed by atoms with Crippen molar-refractivity contribution in [3.63, 3.8) is 0 Å². The Morgan fingerprint density at radius 1 is 1.02 bits per heavy atom. The number of rotatable bonds is 14. The smallest absolute Gasteiger partial charge is 0.233 e. The maximum atomic E-state index is 13.3. The van der Waals surface area contributed by atoms with Crippen LogP contribution in [0.15, 0.2) is 12.2 Å². The highest BCUT2D eigenvalue weighted by molar-refractivity contribution is 8.00. The molecule has 0 bridgehead atoms. The first-order chi connectivity index (χ1) is 19.0. The summed E-state index contributed by atoms with van der Waals surface area (Å²) in [5.41, 5.74) is -0.988. The number of hydrogen-bond acceptors (Lipinski definition) is 6. The van der Waals surface area contributed by atoms with Crippen molar-refractivity contribution >= 4 is 35.4 Å². The van der Waals surface area contributed by atoms with Gasteiger partial charge in [0.2, 0.25) is 23.6 Å². The largest absolute Gasteiger partial charge is 0.355 e. The van der Waals surface area contributed by atoms with Crippen LogP contribution in [0, 0.1) is 63.6 Å². The highest BCUT2D eigenvalue weighted by atomic mass is 32.2. The second-order valence-corrected chi connectivity index (χ2v) is 16.3. The molecule has 3 aliphatic carbocycles. The summed E-state index contributed by atoms with van der Waals surface area (Å²) in [7, 11) is 0. The number of nitriles is 1. The van der Waals surface area contributed by atoms with Crippen LogP contribution < -0.4 is 10.6 Å². The van der Waals surface area contributed by atoms with E-state index in [1.807, 2.05) is 41.5 Å². The molecule has 4 amide bonds. The molecule has 0 spiro atoms. The third-order valence-corrected chi connectivity index (χ3v) is 11.9. The second-order valence-electron chi connectivity index (χ2n) is 14.5. The molecule has 0 aromatic carbocycles. The molecule has 8 nitrogen and oxygen atoms in total. The van der Waals surface area contributed by atoms with Gasteiger partial charge in [0.15, 0.2) is 0 Å². The van der Waals surface area contributed by atoms with E-state index in [2.05, 4.69) is 42.7 Å². The molecule has 1 aliphatic heterocycles. The number of likely N-dealkylation sites (tertiary alicyclic amines) is 1. The lowest BCUT2D eigenvalue weighted by Gasteiger charge is -2.43. The van der Waals surface area contributed by atoms with Crippen molar-refractivity contribution in [2.24, 2.45) is 52.3 Å². The number of allylic oxidation sites excluding steroid dienone is 2. The van der Waals surface area contributed by atoms with Gasteiger partial charge in [0, 0.05) is 36.1 Å². The molecule has 4 rings (SSSR count). The molecule has 2 saturated carbocycles. The molecule has 2 N–H and O–H groups in total. The van der Waals surface area contributed by atoms with E-state index >= 15 is 0 Å². The molecule has 4 aliphatic rings. The number of carbonyl (C=O) groups excluding carboxylic acids is 4. The van der Waals surface area contributed by atoms with Crippen LogP contribution in [0.25, 0.3) is 0 Å². The van der Waals surface area contributed by atoms with Crippen LogP contribution in [0.2, 0.25) is 0 Å². The van der Waals surface area contributed by atoms with Crippen molar-refractivity contribution in [2.45, 2.75) is 85.4 Å². The highest BCUT2D eigenvalue weighted by Crippen LogP contribution is 2.71. The van der Waals surface area contributed by atoms with Crippen LogP contribution in [0.5, 0.6) is 0 Å². The summed E-state index contributed by atoms with van der Waals surface area (Å²) >= 11 is 1.65. The average molecular weight is 585 g/mol. The Kier molecular flexibility index (Phi) is 8.78. The summed E-state index contributed by atoms with van der Waals surface area (Å²) < 4.78 is -0.420. The van der Waals surface area contributed by atoms with E-state index in [-0.39, 0.29) is 65.2 Å². The van der Waals surface area contributed by atoms with E-state index in [9.17, 15) is 24.4 Å². The lowest BCUT2D eigenvalue weighted by Crippen LogP contribution is -2.48. The zero-order valence-electron chi connectivity index (χ0n) is 26.0. The molecule has 1 heterocycles. The molecular weight excluding hydrogens is 536 g/mol. The number of hydrogen-bond donors (Lipinski definition) is 2. The quantitative estimate of drug-likeness (QED) is 0.180. The van der Waals surface area contributed by atoms with E-state index in [1.165, 1.54) is 4.90 Å². The number of nitrogens with one attached hydrogen (secondary N) is 2. The summed E-state index contributed by atoms with van der Waals surface area (Å²) in [5, 5.41) is 15.8. The first-order valence-corrected chi connectivity index (χ1v) is 16.2. The van der Waals surface area contributed by atoms with Gasteiger partial charge in [-0.3, -0.25) is 24.1 Å². The fourth-order valence-electron chi connectivity index (χ4n) is 7.23. The topological polar surface area (TPSA) is 119 Å².